The zero-order chi connectivity index (χ0) is 9.12. The first-order valence-corrected chi connectivity index (χ1v) is 4.64. The van der Waals surface area contributed by atoms with Gasteiger partial charge >= 0.3 is 0 Å². The third-order valence-electron chi connectivity index (χ3n) is 2.89. The Bertz CT molecular complexity index is 109. The van der Waals surface area contributed by atoms with Crippen LogP contribution in [0.1, 0.15) is 40.5 Å². The number of hydrogen-bond acceptors (Lipinski definition) is 0. The lowest BCUT2D eigenvalue weighted by Crippen LogP contribution is -2.54. The first-order chi connectivity index (χ1) is 4.81. The SMILES string of the molecule is CCCC[N+](C)(C)C(C)(C)C. The van der Waals surface area contributed by atoms with Crippen molar-refractivity contribution in [1.82, 2.24) is 0 Å². The molecule has 0 N–H and O–H groups in total. The minimum atomic E-state index is 0.384. The van der Waals surface area contributed by atoms with Gasteiger partial charge in [-0.2, -0.15) is 0 Å². The molecule has 0 radical (unpaired) electrons. The smallest absolute Gasteiger partial charge is 0.0903 e. The van der Waals surface area contributed by atoms with Gasteiger partial charge in [0, 0.05) is 0 Å². The molecule has 0 atom stereocenters. The topological polar surface area (TPSA) is 0 Å². The Balaban J connectivity index is 4.00. The number of hydrogen-bond donors (Lipinski definition) is 0. The first-order valence-electron chi connectivity index (χ1n) is 4.64. The highest BCUT2D eigenvalue weighted by atomic mass is 15.4. The van der Waals surface area contributed by atoms with Crippen molar-refractivity contribution in [2.24, 2.45) is 0 Å². The molecule has 1 heteroatoms. The standard InChI is InChI=1S/C10H24N/c1-7-8-9-11(5,6)10(2,3)4/h7-9H2,1-6H3/q+1. The molecule has 0 saturated heterocycles. The fourth-order valence-electron chi connectivity index (χ4n) is 0.889. The fourth-order valence-corrected chi connectivity index (χ4v) is 0.889. The minimum absolute atomic E-state index is 0.384. The molecule has 0 aromatic heterocycles. The van der Waals surface area contributed by atoms with Crippen molar-refractivity contribution in [2.45, 2.75) is 46.1 Å². The molecule has 0 unspecified atom stereocenters. The Kier molecular flexibility index (Phi) is 3.56. The molecule has 0 heterocycles. The second-order valence-corrected chi connectivity index (χ2v) is 4.93. The van der Waals surface area contributed by atoms with Gasteiger partial charge in [-0.3, -0.25) is 0 Å². The van der Waals surface area contributed by atoms with E-state index in [0.29, 0.717) is 5.54 Å². The summed E-state index contributed by atoms with van der Waals surface area (Å²) in [5.74, 6) is 0. The summed E-state index contributed by atoms with van der Waals surface area (Å²) in [6.07, 6.45) is 2.64. The van der Waals surface area contributed by atoms with Gasteiger partial charge in [-0.15, -0.1) is 0 Å². The highest BCUT2D eigenvalue weighted by Crippen LogP contribution is 2.19. The zero-order valence-electron chi connectivity index (χ0n) is 9.07. The summed E-state index contributed by atoms with van der Waals surface area (Å²) in [6.45, 7) is 10.5. The van der Waals surface area contributed by atoms with Crippen LogP contribution in [0.25, 0.3) is 0 Å². The average Bonchev–Trinajstić information content (AvgIpc) is 1.81. The van der Waals surface area contributed by atoms with Gasteiger partial charge in [-0.1, -0.05) is 13.3 Å². The van der Waals surface area contributed by atoms with E-state index in [4.69, 9.17) is 0 Å². The summed E-state index contributed by atoms with van der Waals surface area (Å²) in [5.41, 5.74) is 0.384. The normalized spacial score (nSPS) is 13.6. The molecule has 0 aliphatic rings. The molecule has 0 aliphatic carbocycles. The van der Waals surface area contributed by atoms with Gasteiger partial charge in [0.15, 0.2) is 0 Å². The molecular formula is C10H24N+. The van der Waals surface area contributed by atoms with E-state index >= 15 is 0 Å². The van der Waals surface area contributed by atoms with Crippen molar-refractivity contribution < 1.29 is 4.48 Å². The van der Waals surface area contributed by atoms with Crippen molar-refractivity contribution >= 4 is 0 Å². The van der Waals surface area contributed by atoms with Crippen LogP contribution < -0.4 is 0 Å². The van der Waals surface area contributed by atoms with Crippen LogP contribution in [0.15, 0.2) is 0 Å². The molecule has 0 amide bonds. The van der Waals surface area contributed by atoms with E-state index in [2.05, 4.69) is 41.8 Å². The monoisotopic (exact) mass is 158 g/mol. The quantitative estimate of drug-likeness (QED) is 0.554. The second-order valence-electron chi connectivity index (χ2n) is 4.93. The molecule has 0 fully saturated rings. The van der Waals surface area contributed by atoms with Crippen molar-refractivity contribution in [3.05, 3.63) is 0 Å². The highest BCUT2D eigenvalue weighted by molar-refractivity contribution is 4.59. The predicted octanol–water partition coefficient (Wildman–Crippen LogP) is 2.66. The molecule has 0 aromatic rings. The maximum Gasteiger partial charge on any atom is 0.0903 e. The number of quaternary nitrogens is 1. The van der Waals surface area contributed by atoms with Gasteiger partial charge in [0.25, 0.3) is 0 Å². The summed E-state index contributed by atoms with van der Waals surface area (Å²) in [5, 5.41) is 0. The van der Waals surface area contributed by atoms with Crippen LogP contribution in [-0.4, -0.2) is 30.7 Å². The van der Waals surface area contributed by atoms with Crippen molar-refractivity contribution in [1.29, 1.82) is 0 Å². The third kappa shape index (κ3) is 3.24. The van der Waals surface area contributed by atoms with Crippen LogP contribution in [0.2, 0.25) is 0 Å². The Morgan fingerprint density at radius 2 is 1.55 bits per heavy atom. The van der Waals surface area contributed by atoms with E-state index in [-0.39, 0.29) is 0 Å². The Morgan fingerprint density at radius 3 is 1.82 bits per heavy atom. The number of nitrogens with zero attached hydrogens (tertiary/aromatic N) is 1. The number of rotatable bonds is 3. The molecule has 0 bridgehead atoms. The molecule has 0 rings (SSSR count). The molecule has 68 valence electrons. The summed E-state index contributed by atoms with van der Waals surface area (Å²) in [4.78, 5) is 0. The van der Waals surface area contributed by atoms with Crippen LogP contribution >= 0.6 is 0 Å². The van der Waals surface area contributed by atoms with Crippen LogP contribution in [0.4, 0.5) is 0 Å². The van der Waals surface area contributed by atoms with Gasteiger partial charge in [-0.05, 0) is 27.2 Å². The van der Waals surface area contributed by atoms with Gasteiger partial charge in [-0.25, -0.2) is 0 Å². The molecular weight excluding hydrogens is 134 g/mol. The zero-order valence-corrected chi connectivity index (χ0v) is 9.07. The van der Waals surface area contributed by atoms with Crippen molar-refractivity contribution in [2.75, 3.05) is 20.6 Å². The lowest BCUT2D eigenvalue weighted by molar-refractivity contribution is -0.935. The Labute approximate surface area is 72.0 Å². The Morgan fingerprint density at radius 1 is 1.09 bits per heavy atom. The molecule has 1 nitrogen and oxygen atoms in total. The molecule has 0 aromatic carbocycles. The van der Waals surface area contributed by atoms with Gasteiger partial charge in [0.1, 0.15) is 0 Å². The molecule has 11 heavy (non-hydrogen) atoms. The van der Waals surface area contributed by atoms with Crippen LogP contribution in [0.5, 0.6) is 0 Å². The maximum atomic E-state index is 2.32. The minimum Gasteiger partial charge on any atom is -0.324 e. The van der Waals surface area contributed by atoms with Gasteiger partial charge in [0.05, 0.1) is 26.2 Å². The van der Waals surface area contributed by atoms with Gasteiger partial charge in [0.2, 0.25) is 0 Å². The maximum absolute atomic E-state index is 2.32. The summed E-state index contributed by atoms with van der Waals surface area (Å²) in [6, 6.07) is 0. The molecule has 0 aliphatic heterocycles. The van der Waals surface area contributed by atoms with E-state index in [1.165, 1.54) is 19.4 Å². The van der Waals surface area contributed by atoms with Crippen LogP contribution in [0, 0.1) is 0 Å². The predicted molar refractivity (Wildman–Crippen MR) is 51.6 cm³/mol. The van der Waals surface area contributed by atoms with E-state index in [1.807, 2.05) is 0 Å². The lowest BCUT2D eigenvalue weighted by atomic mass is 10.0. The largest absolute Gasteiger partial charge is 0.324 e. The van der Waals surface area contributed by atoms with E-state index in [9.17, 15) is 0 Å². The van der Waals surface area contributed by atoms with Crippen molar-refractivity contribution in [3.63, 3.8) is 0 Å². The fraction of sp³-hybridized carbons (Fsp3) is 1.00. The van der Waals surface area contributed by atoms with Gasteiger partial charge < -0.3 is 4.48 Å². The highest BCUT2D eigenvalue weighted by Gasteiger charge is 2.30. The number of unbranched alkanes of at least 4 members (excludes halogenated alkanes) is 1. The van der Waals surface area contributed by atoms with E-state index in [1.54, 1.807) is 0 Å². The van der Waals surface area contributed by atoms with Crippen molar-refractivity contribution in [3.8, 4) is 0 Å². The van der Waals surface area contributed by atoms with Crippen LogP contribution in [-0.2, 0) is 0 Å². The first kappa shape index (κ1) is 11.0. The summed E-state index contributed by atoms with van der Waals surface area (Å²) >= 11 is 0. The molecule has 0 spiro atoms. The van der Waals surface area contributed by atoms with E-state index in [0.717, 1.165) is 4.48 Å². The lowest BCUT2D eigenvalue weighted by Gasteiger charge is -2.42. The molecule has 0 saturated carbocycles. The summed E-state index contributed by atoms with van der Waals surface area (Å²) in [7, 11) is 4.63. The Hall–Kier alpha value is -0.0400. The van der Waals surface area contributed by atoms with Crippen LogP contribution in [0.3, 0.4) is 0 Å². The summed E-state index contributed by atoms with van der Waals surface area (Å²) < 4.78 is 1.13. The third-order valence-corrected chi connectivity index (χ3v) is 2.89. The van der Waals surface area contributed by atoms with E-state index < -0.39 is 0 Å². The average molecular weight is 158 g/mol. The second kappa shape index (κ2) is 3.57.